The van der Waals surface area contributed by atoms with Gasteiger partial charge in [-0.2, -0.15) is 11.8 Å². The molecule has 0 unspecified atom stereocenters. The first kappa shape index (κ1) is 5.30. The molecule has 0 amide bonds. The van der Waals surface area contributed by atoms with Crippen LogP contribution in [0.4, 0.5) is 0 Å². The van der Waals surface area contributed by atoms with E-state index in [0.29, 0.717) is 5.41 Å². The van der Waals surface area contributed by atoms with E-state index in [1.807, 2.05) is 11.8 Å². The number of hydrogen-bond acceptors (Lipinski definition) is 2. The summed E-state index contributed by atoms with van der Waals surface area (Å²) in [6, 6.07) is 0. The van der Waals surface area contributed by atoms with Gasteiger partial charge in [0.15, 0.2) is 0 Å². The highest BCUT2D eigenvalue weighted by Gasteiger charge is 2.47. The van der Waals surface area contributed by atoms with Gasteiger partial charge in [0.05, 0.1) is 0 Å². The van der Waals surface area contributed by atoms with Gasteiger partial charge in [-0.05, 0) is 0 Å². The fraction of sp³-hybridized carbons (Fsp3) is 1.00. The van der Waals surface area contributed by atoms with Crippen LogP contribution in [-0.2, 0) is 10.8 Å². The first-order valence-corrected chi connectivity index (χ1v) is 5.38. The standard InChI is InChI=1S/C5H8OS2/c6-8-3-5(4-8)1-7-2-5/h1-4H2. The first-order valence-electron chi connectivity index (χ1n) is 2.74. The van der Waals surface area contributed by atoms with Crippen LogP contribution in [-0.4, -0.2) is 27.2 Å². The molecule has 2 aliphatic heterocycles. The topological polar surface area (TPSA) is 17.1 Å². The lowest BCUT2D eigenvalue weighted by Gasteiger charge is -2.47. The molecule has 1 spiro atoms. The summed E-state index contributed by atoms with van der Waals surface area (Å²) in [5.74, 6) is 4.55. The lowest BCUT2D eigenvalue weighted by atomic mass is 9.97. The number of rotatable bonds is 0. The SMILES string of the molecule is O=S1CC2(CSC2)C1. The van der Waals surface area contributed by atoms with E-state index in [4.69, 9.17) is 0 Å². The monoisotopic (exact) mass is 148 g/mol. The van der Waals surface area contributed by atoms with Gasteiger partial charge in [-0.1, -0.05) is 0 Å². The Bertz CT molecular complexity index is 129. The van der Waals surface area contributed by atoms with Crippen LogP contribution in [0.3, 0.4) is 0 Å². The summed E-state index contributed by atoms with van der Waals surface area (Å²) in [6.45, 7) is 0. The summed E-state index contributed by atoms with van der Waals surface area (Å²) >= 11 is 1.99. The van der Waals surface area contributed by atoms with Crippen molar-refractivity contribution in [3.63, 3.8) is 0 Å². The lowest BCUT2D eigenvalue weighted by molar-refractivity contribution is 0.433. The summed E-state index contributed by atoms with van der Waals surface area (Å²) in [7, 11) is -0.423. The number of thioether (sulfide) groups is 1. The van der Waals surface area contributed by atoms with Crippen LogP contribution in [0.2, 0.25) is 0 Å². The van der Waals surface area contributed by atoms with Gasteiger partial charge in [-0.3, -0.25) is 4.21 Å². The molecule has 0 aromatic carbocycles. The third-order valence-electron chi connectivity index (χ3n) is 1.75. The van der Waals surface area contributed by atoms with E-state index >= 15 is 0 Å². The maximum atomic E-state index is 10.6. The average molecular weight is 148 g/mol. The molecule has 8 heavy (non-hydrogen) atoms. The largest absolute Gasteiger partial charge is 0.260 e. The molecule has 2 saturated heterocycles. The molecule has 0 aromatic rings. The average Bonchev–Trinajstić information content (AvgIpc) is 1.51. The van der Waals surface area contributed by atoms with Crippen LogP contribution < -0.4 is 0 Å². The zero-order chi connectivity index (χ0) is 5.61. The van der Waals surface area contributed by atoms with Crippen molar-refractivity contribution in [2.24, 2.45) is 5.41 Å². The van der Waals surface area contributed by atoms with Crippen LogP contribution in [0.25, 0.3) is 0 Å². The Morgan fingerprint density at radius 3 is 2.12 bits per heavy atom. The molecule has 2 fully saturated rings. The van der Waals surface area contributed by atoms with Crippen LogP contribution in [0.1, 0.15) is 0 Å². The van der Waals surface area contributed by atoms with Crippen molar-refractivity contribution >= 4 is 22.6 Å². The van der Waals surface area contributed by atoms with Crippen molar-refractivity contribution in [2.45, 2.75) is 0 Å². The molecule has 0 N–H and O–H groups in total. The highest BCUT2D eigenvalue weighted by Crippen LogP contribution is 2.45. The van der Waals surface area contributed by atoms with E-state index in [9.17, 15) is 4.21 Å². The van der Waals surface area contributed by atoms with Crippen molar-refractivity contribution in [1.82, 2.24) is 0 Å². The van der Waals surface area contributed by atoms with Crippen molar-refractivity contribution in [3.05, 3.63) is 0 Å². The van der Waals surface area contributed by atoms with Crippen LogP contribution >= 0.6 is 11.8 Å². The van der Waals surface area contributed by atoms with Crippen molar-refractivity contribution in [3.8, 4) is 0 Å². The minimum atomic E-state index is -0.423. The van der Waals surface area contributed by atoms with E-state index < -0.39 is 10.8 Å². The fourth-order valence-corrected chi connectivity index (χ4v) is 4.59. The van der Waals surface area contributed by atoms with Gasteiger partial charge >= 0.3 is 0 Å². The molecule has 46 valence electrons. The van der Waals surface area contributed by atoms with Gasteiger partial charge in [0, 0.05) is 39.2 Å². The Hall–Kier alpha value is 0.500. The van der Waals surface area contributed by atoms with Gasteiger partial charge in [-0.15, -0.1) is 0 Å². The Labute approximate surface area is 55.7 Å². The van der Waals surface area contributed by atoms with E-state index in [2.05, 4.69) is 0 Å². The fourth-order valence-electron chi connectivity index (χ4n) is 1.20. The molecule has 0 radical (unpaired) electrons. The molecule has 1 nitrogen and oxygen atoms in total. The first-order chi connectivity index (χ1) is 3.81. The normalized spacial score (nSPS) is 34.0. The molecular weight excluding hydrogens is 140 g/mol. The molecule has 3 heteroatoms. The Kier molecular flexibility index (Phi) is 0.998. The van der Waals surface area contributed by atoms with Gasteiger partial charge in [0.1, 0.15) is 0 Å². The van der Waals surface area contributed by atoms with E-state index in [0.717, 1.165) is 11.5 Å². The van der Waals surface area contributed by atoms with E-state index in [1.54, 1.807) is 0 Å². The summed E-state index contributed by atoms with van der Waals surface area (Å²) < 4.78 is 10.6. The van der Waals surface area contributed by atoms with Gasteiger partial charge < -0.3 is 0 Å². The smallest absolute Gasteiger partial charge is 0.0316 e. The van der Waals surface area contributed by atoms with Crippen molar-refractivity contribution in [1.29, 1.82) is 0 Å². The maximum Gasteiger partial charge on any atom is 0.0316 e. The lowest BCUT2D eigenvalue weighted by Crippen LogP contribution is -2.54. The van der Waals surface area contributed by atoms with Crippen molar-refractivity contribution in [2.75, 3.05) is 23.0 Å². The third-order valence-corrected chi connectivity index (χ3v) is 5.25. The summed E-state index contributed by atoms with van der Waals surface area (Å²) in [4.78, 5) is 0. The van der Waals surface area contributed by atoms with Crippen LogP contribution in [0.15, 0.2) is 0 Å². The minimum Gasteiger partial charge on any atom is -0.260 e. The summed E-state index contributed by atoms with van der Waals surface area (Å²) in [5, 5.41) is 0. The zero-order valence-corrected chi connectivity index (χ0v) is 6.19. The molecular formula is C5H8OS2. The maximum absolute atomic E-state index is 10.6. The molecule has 0 bridgehead atoms. The quantitative estimate of drug-likeness (QED) is 0.497. The summed E-state index contributed by atoms with van der Waals surface area (Å²) in [6.07, 6.45) is 0. The van der Waals surface area contributed by atoms with Gasteiger partial charge in [-0.25, -0.2) is 0 Å². The molecule has 0 saturated carbocycles. The highest BCUT2D eigenvalue weighted by molar-refractivity contribution is 8.01. The second kappa shape index (κ2) is 1.51. The molecule has 0 aromatic heterocycles. The molecule has 0 aliphatic carbocycles. The molecule has 0 atom stereocenters. The Balaban J connectivity index is 2.01. The van der Waals surface area contributed by atoms with Gasteiger partial charge in [0.25, 0.3) is 0 Å². The predicted molar refractivity (Wildman–Crippen MR) is 37.6 cm³/mol. The second-order valence-electron chi connectivity index (χ2n) is 2.72. The van der Waals surface area contributed by atoms with Crippen LogP contribution in [0.5, 0.6) is 0 Å². The highest BCUT2D eigenvalue weighted by atomic mass is 32.2. The Morgan fingerprint density at radius 2 is 2.00 bits per heavy atom. The number of hydrogen-bond donors (Lipinski definition) is 0. The van der Waals surface area contributed by atoms with E-state index in [1.165, 1.54) is 11.5 Å². The molecule has 2 rings (SSSR count). The zero-order valence-electron chi connectivity index (χ0n) is 4.55. The third kappa shape index (κ3) is 0.575. The minimum absolute atomic E-state index is 0.423. The summed E-state index contributed by atoms with van der Waals surface area (Å²) in [5.41, 5.74) is 0.579. The second-order valence-corrected chi connectivity index (χ2v) is 5.16. The predicted octanol–water partition coefficient (Wildman–Crippen LogP) is 0.482. The molecule has 2 heterocycles. The van der Waals surface area contributed by atoms with Crippen molar-refractivity contribution < 1.29 is 4.21 Å². The van der Waals surface area contributed by atoms with Gasteiger partial charge in [0.2, 0.25) is 0 Å². The molecule has 2 aliphatic rings. The van der Waals surface area contributed by atoms with Crippen LogP contribution in [0, 0.1) is 5.41 Å². The van der Waals surface area contributed by atoms with E-state index in [-0.39, 0.29) is 0 Å². The Morgan fingerprint density at radius 1 is 1.38 bits per heavy atom.